The molecule has 0 spiro atoms. The van der Waals surface area contributed by atoms with Gasteiger partial charge in [0.1, 0.15) is 0 Å². The fraction of sp³-hybridized carbons (Fsp3) is 0.125. The number of halogens is 2. The molecule has 5 nitrogen and oxygen atoms in total. The average Bonchev–Trinajstić information content (AvgIpc) is 2.80. The van der Waals surface area contributed by atoms with Gasteiger partial charge in [0.05, 0.1) is 38.9 Å². The van der Waals surface area contributed by atoms with Crippen molar-refractivity contribution in [3.05, 3.63) is 98.3 Å². The molecule has 8 heteroatoms. The predicted molar refractivity (Wildman–Crippen MR) is 132 cm³/mol. The highest BCUT2D eigenvalue weighted by Gasteiger charge is 2.16. The second-order valence-corrected chi connectivity index (χ2v) is 8.91. The number of anilines is 1. The zero-order valence-corrected chi connectivity index (χ0v) is 19.5. The smallest absolute Gasteiger partial charge is 0.262 e. The van der Waals surface area contributed by atoms with Crippen molar-refractivity contribution in [3.63, 3.8) is 0 Å². The van der Waals surface area contributed by atoms with Crippen molar-refractivity contribution in [1.82, 2.24) is 9.55 Å². The molecule has 0 bridgehead atoms. The standard InChI is InChI=1S/C24H19Cl2N3O2S/c1-15-11-12-18(25)22(21(15)26)28-20(30)14-32-24-27-19-10-6-5-9-17(19)23(31)29(24)13-16-7-3-2-4-8-16/h2-12H,13-14H2,1H3,(H,28,30). The van der Waals surface area contributed by atoms with Crippen LogP contribution < -0.4 is 10.9 Å². The lowest BCUT2D eigenvalue weighted by molar-refractivity contribution is -0.113. The first kappa shape index (κ1) is 22.4. The summed E-state index contributed by atoms with van der Waals surface area (Å²) in [7, 11) is 0. The van der Waals surface area contributed by atoms with E-state index in [2.05, 4.69) is 10.3 Å². The van der Waals surface area contributed by atoms with E-state index in [1.807, 2.05) is 49.4 Å². The maximum atomic E-state index is 13.2. The van der Waals surface area contributed by atoms with E-state index in [4.69, 9.17) is 23.2 Å². The third-order valence-electron chi connectivity index (χ3n) is 4.89. The monoisotopic (exact) mass is 483 g/mol. The maximum absolute atomic E-state index is 13.2. The van der Waals surface area contributed by atoms with Crippen LogP contribution in [-0.2, 0) is 11.3 Å². The van der Waals surface area contributed by atoms with Crippen LogP contribution in [-0.4, -0.2) is 21.2 Å². The number of thioether (sulfide) groups is 1. The molecule has 0 aliphatic heterocycles. The summed E-state index contributed by atoms with van der Waals surface area (Å²) < 4.78 is 1.60. The van der Waals surface area contributed by atoms with Crippen molar-refractivity contribution >= 4 is 57.5 Å². The molecular formula is C24H19Cl2N3O2S. The minimum absolute atomic E-state index is 0.0418. The number of nitrogens with zero attached hydrogens (tertiary/aromatic N) is 2. The van der Waals surface area contributed by atoms with E-state index >= 15 is 0 Å². The van der Waals surface area contributed by atoms with E-state index in [9.17, 15) is 9.59 Å². The van der Waals surface area contributed by atoms with Gasteiger partial charge in [0.15, 0.2) is 5.16 Å². The maximum Gasteiger partial charge on any atom is 0.262 e. The zero-order valence-electron chi connectivity index (χ0n) is 17.1. The van der Waals surface area contributed by atoms with Gasteiger partial charge in [-0.3, -0.25) is 14.2 Å². The summed E-state index contributed by atoms with van der Waals surface area (Å²) >= 11 is 13.7. The first-order valence-electron chi connectivity index (χ1n) is 9.85. The van der Waals surface area contributed by atoms with Crippen molar-refractivity contribution in [3.8, 4) is 0 Å². The van der Waals surface area contributed by atoms with Gasteiger partial charge in [0, 0.05) is 0 Å². The minimum atomic E-state index is -0.293. The van der Waals surface area contributed by atoms with Crippen molar-refractivity contribution in [2.24, 2.45) is 0 Å². The zero-order chi connectivity index (χ0) is 22.7. The van der Waals surface area contributed by atoms with Gasteiger partial charge in [-0.2, -0.15) is 0 Å². The molecule has 1 aromatic heterocycles. The highest BCUT2D eigenvalue weighted by molar-refractivity contribution is 7.99. The molecule has 3 aromatic carbocycles. The van der Waals surface area contributed by atoms with Crippen LogP contribution >= 0.6 is 35.0 Å². The Kier molecular flexibility index (Phi) is 6.84. The number of hydrogen-bond donors (Lipinski definition) is 1. The molecular weight excluding hydrogens is 465 g/mol. The van der Waals surface area contributed by atoms with Crippen LogP contribution in [0.4, 0.5) is 5.69 Å². The Morgan fingerprint density at radius 2 is 1.75 bits per heavy atom. The lowest BCUT2D eigenvalue weighted by atomic mass is 10.2. The number of rotatable bonds is 6. The van der Waals surface area contributed by atoms with E-state index in [0.29, 0.717) is 38.3 Å². The summed E-state index contributed by atoms with van der Waals surface area (Å²) in [4.78, 5) is 30.5. The van der Waals surface area contributed by atoms with Gasteiger partial charge in [-0.15, -0.1) is 0 Å². The van der Waals surface area contributed by atoms with Crippen LogP contribution in [0.3, 0.4) is 0 Å². The van der Waals surface area contributed by atoms with E-state index in [-0.39, 0.29) is 17.2 Å². The van der Waals surface area contributed by atoms with E-state index in [1.54, 1.807) is 28.8 Å². The van der Waals surface area contributed by atoms with Gasteiger partial charge in [0.25, 0.3) is 5.56 Å². The topological polar surface area (TPSA) is 64.0 Å². The molecule has 32 heavy (non-hydrogen) atoms. The predicted octanol–water partition coefficient (Wildman–Crippen LogP) is 5.79. The Bertz CT molecular complexity index is 1360. The molecule has 1 N–H and O–H groups in total. The Balaban J connectivity index is 1.62. The van der Waals surface area contributed by atoms with Crippen LogP contribution in [0.15, 0.2) is 76.7 Å². The number of benzene rings is 3. The third kappa shape index (κ3) is 4.83. The molecule has 0 radical (unpaired) electrons. The van der Waals surface area contributed by atoms with Crippen LogP contribution in [0.5, 0.6) is 0 Å². The summed E-state index contributed by atoms with van der Waals surface area (Å²) in [5.41, 5.74) is 2.61. The van der Waals surface area contributed by atoms with Crippen LogP contribution in [0.25, 0.3) is 10.9 Å². The molecule has 1 heterocycles. The summed E-state index contributed by atoms with van der Waals surface area (Å²) in [6.07, 6.45) is 0. The van der Waals surface area contributed by atoms with Gasteiger partial charge >= 0.3 is 0 Å². The second-order valence-electron chi connectivity index (χ2n) is 7.18. The highest BCUT2D eigenvalue weighted by atomic mass is 35.5. The molecule has 0 saturated carbocycles. The summed E-state index contributed by atoms with van der Waals surface area (Å²) in [5, 5.41) is 4.54. The Morgan fingerprint density at radius 3 is 2.53 bits per heavy atom. The number of hydrogen-bond acceptors (Lipinski definition) is 4. The quantitative estimate of drug-likeness (QED) is 0.278. The largest absolute Gasteiger partial charge is 0.323 e. The van der Waals surface area contributed by atoms with Crippen LogP contribution in [0, 0.1) is 6.92 Å². The average molecular weight is 484 g/mol. The molecule has 0 atom stereocenters. The lowest BCUT2D eigenvalue weighted by Crippen LogP contribution is -2.25. The molecule has 0 fully saturated rings. The van der Waals surface area contributed by atoms with Crippen molar-refractivity contribution in [2.45, 2.75) is 18.6 Å². The molecule has 0 saturated heterocycles. The Morgan fingerprint density at radius 1 is 1.03 bits per heavy atom. The fourth-order valence-corrected chi connectivity index (χ4v) is 4.50. The number of carbonyl (C=O) groups is 1. The third-order valence-corrected chi connectivity index (χ3v) is 6.67. The fourth-order valence-electron chi connectivity index (χ4n) is 3.24. The molecule has 0 unspecified atom stereocenters. The number of carbonyl (C=O) groups excluding carboxylic acids is 1. The molecule has 162 valence electrons. The lowest BCUT2D eigenvalue weighted by Gasteiger charge is -2.14. The number of amides is 1. The van der Waals surface area contributed by atoms with Gasteiger partial charge in [-0.25, -0.2) is 4.98 Å². The molecule has 1 amide bonds. The van der Waals surface area contributed by atoms with E-state index in [1.165, 1.54) is 11.8 Å². The van der Waals surface area contributed by atoms with E-state index < -0.39 is 0 Å². The van der Waals surface area contributed by atoms with Gasteiger partial charge in [0.2, 0.25) is 5.91 Å². The molecule has 4 rings (SSSR count). The normalized spacial score (nSPS) is 11.0. The number of aromatic nitrogens is 2. The first-order chi connectivity index (χ1) is 15.4. The number of para-hydroxylation sites is 1. The number of fused-ring (bicyclic) bond motifs is 1. The second kappa shape index (κ2) is 9.77. The van der Waals surface area contributed by atoms with Gasteiger partial charge < -0.3 is 5.32 Å². The Labute approximate surface area is 199 Å². The van der Waals surface area contributed by atoms with Crippen molar-refractivity contribution in [2.75, 3.05) is 11.1 Å². The van der Waals surface area contributed by atoms with E-state index in [0.717, 1.165) is 11.1 Å². The molecule has 0 aliphatic rings. The van der Waals surface area contributed by atoms with Gasteiger partial charge in [-0.05, 0) is 36.2 Å². The van der Waals surface area contributed by atoms with Crippen LogP contribution in [0.2, 0.25) is 10.0 Å². The Hall–Kier alpha value is -2.80. The molecule has 4 aromatic rings. The summed E-state index contributed by atoms with van der Waals surface area (Å²) in [5.74, 6) is -0.252. The molecule has 0 aliphatic carbocycles. The first-order valence-corrected chi connectivity index (χ1v) is 11.6. The summed E-state index contributed by atoms with van der Waals surface area (Å²) in [6.45, 7) is 2.20. The highest BCUT2D eigenvalue weighted by Crippen LogP contribution is 2.33. The van der Waals surface area contributed by atoms with Gasteiger partial charge in [-0.1, -0.05) is 83.5 Å². The van der Waals surface area contributed by atoms with Crippen LogP contribution in [0.1, 0.15) is 11.1 Å². The van der Waals surface area contributed by atoms with Crippen molar-refractivity contribution in [1.29, 1.82) is 0 Å². The van der Waals surface area contributed by atoms with Crippen molar-refractivity contribution < 1.29 is 4.79 Å². The SMILES string of the molecule is Cc1ccc(Cl)c(NC(=O)CSc2nc3ccccc3c(=O)n2Cc2ccccc2)c1Cl. The summed E-state index contributed by atoms with van der Waals surface area (Å²) in [6, 6.07) is 20.3. The minimum Gasteiger partial charge on any atom is -0.323 e. The number of nitrogens with one attached hydrogen (secondary N) is 1. The number of aryl methyl sites for hydroxylation is 1.